The second-order valence-corrected chi connectivity index (χ2v) is 8.29. The van der Waals surface area contributed by atoms with Gasteiger partial charge >= 0.3 is 0 Å². The number of carbonyl (C=O) groups is 2. The molecule has 0 aromatic heterocycles. The Morgan fingerprint density at radius 3 is 2.35 bits per heavy atom. The molecule has 0 saturated carbocycles. The van der Waals surface area contributed by atoms with Gasteiger partial charge < -0.3 is 29.2 Å². The van der Waals surface area contributed by atoms with E-state index in [0.717, 1.165) is 36.3 Å². The predicted octanol–water partition coefficient (Wildman–Crippen LogP) is 2.97. The Morgan fingerprint density at radius 1 is 1.03 bits per heavy atom. The molecule has 0 aliphatic carbocycles. The average molecular weight is 471 g/mol. The number of hydrogen-bond acceptors (Lipinski definition) is 6. The van der Waals surface area contributed by atoms with Gasteiger partial charge in [-0.3, -0.25) is 9.59 Å². The van der Waals surface area contributed by atoms with Crippen molar-refractivity contribution in [1.29, 1.82) is 0 Å². The second kappa shape index (κ2) is 12.3. The van der Waals surface area contributed by atoms with Crippen molar-refractivity contribution in [3.63, 3.8) is 0 Å². The number of amides is 2. The molecule has 8 heteroatoms. The molecule has 8 nitrogen and oxygen atoms in total. The Bertz CT molecular complexity index is 956. The first-order valence-electron chi connectivity index (χ1n) is 11.5. The Kier molecular flexibility index (Phi) is 9.16. The molecule has 34 heavy (non-hydrogen) atoms. The van der Waals surface area contributed by atoms with Crippen molar-refractivity contribution >= 4 is 11.8 Å². The normalized spacial score (nSPS) is 15.9. The fourth-order valence-electron chi connectivity index (χ4n) is 3.94. The smallest absolute Gasteiger partial charge is 0.242 e. The third kappa shape index (κ3) is 6.63. The minimum Gasteiger partial charge on any atom is -0.497 e. The summed E-state index contributed by atoms with van der Waals surface area (Å²) in [6.45, 7) is 3.22. The summed E-state index contributed by atoms with van der Waals surface area (Å²) in [4.78, 5) is 28.0. The highest BCUT2D eigenvalue weighted by Crippen LogP contribution is 2.28. The van der Waals surface area contributed by atoms with Crippen LogP contribution in [-0.2, 0) is 27.3 Å². The summed E-state index contributed by atoms with van der Waals surface area (Å²) in [6, 6.07) is 12.2. The van der Waals surface area contributed by atoms with Gasteiger partial charge in [0.15, 0.2) is 11.5 Å². The zero-order valence-corrected chi connectivity index (χ0v) is 20.3. The number of methoxy groups -OCH3 is 3. The molecule has 1 fully saturated rings. The molecule has 1 N–H and O–H groups in total. The molecular weight excluding hydrogens is 436 g/mol. The third-order valence-corrected chi connectivity index (χ3v) is 6.01. The van der Waals surface area contributed by atoms with Crippen LogP contribution < -0.4 is 19.5 Å². The van der Waals surface area contributed by atoms with Crippen molar-refractivity contribution in [3.05, 3.63) is 53.6 Å². The van der Waals surface area contributed by atoms with E-state index in [-0.39, 0.29) is 24.3 Å². The first-order chi connectivity index (χ1) is 16.4. The lowest BCUT2D eigenvalue weighted by atomic mass is 10.1. The first kappa shape index (κ1) is 25.4. The maximum absolute atomic E-state index is 13.4. The molecular formula is C26H34N2O6. The SMILES string of the molecule is COc1ccc(CN(C(=O)Cc2ccc(OC)c(OC)c2)C(C)C(=O)NCC2CCCO2)cc1. The minimum atomic E-state index is -0.656. The Hall–Kier alpha value is -3.26. The lowest BCUT2D eigenvalue weighted by molar-refractivity contribution is -0.140. The van der Waals surface area contributed by atoms with E-state index in [4.69, 9.17) is 18.9 Å². The van der Waals surface area contributed by atoms with Crippen LogP contribution in [0, 0.1) is 0 Å². The van der Waals surface area contributed by atoms with Gasteiger partial charge in [-0.25, -0.2) is 0 Å². The molecule has 0 radical (unpaired) electrons. The van der Waals surface area contributed by atoms with E-state index in [1.807, 2.05) is 30.3 Å². The second-order valence-electron chi connectivity index (χ2n) is 8.29. The lowest BCUT2D eigenvalue weighted by Crippen LogP contribution is -2.49. The Balaban J connectivity index is 1.76. The molecule has 2 aromatic rings. The summed E-state index contributed by atoms with van der Waals surface area (Å²) < 4.78 is 21.5. The van der Waals surface area contributed by atoms with Gasteiger partial charge in [-0.1, -0.05) is 18.2 Å². The maximum Gasteiger partial charge on any atom is 0.242 e. The minimum absolute atomic E-state index is 0.0358. The molecule has 1 heterocycles. The molecule has 2 aromatic carbocycles. The molecule has 1 aliphatic heterocycles. The van der Waals surface area contributed by atoms with Crippen LogP contribution in [0.1, 0.15) is 30.9 Å². The van der Waals surface area contributed by atoms with Crippen molar-refractivity contribution < 1.29 is 28.5 Å². The van der Waals surface area contributed by atoms with Gasteiger partial charge in [0, 0.05) is 19.7 Å². The number of rotatable bonds is 11. The first-order valence-corrected chi connectivity index (χ1v) is 11.5. The van der Waals surface area contributed by atoms with Crippen LogP contribution in [0.15, 0.2) is 42.5 Å². The van der Waals surface area contributed by atoms with Crippen LogP contribution in [0.2, 0.25) is 0 Å². The van der Waals surface area contributed by atoms with E-state index >= 15 is 0 Å². The van der Waals surface area contributed by atoms with Gasteiger partial charge in [0.1, 0.15) is 11.8 Å². The summed E-state index contributed by atoms with van der Waals surface area (Å²) in [7, 11) is 4.73. The molecule has 1 saturated heterocycles. The van der Waals surface area contributed by atoms with Crippen LogP contribution in [-0.4, -0.2) is 63.3 Å². The quantitative estimate of drug-likeness (QED) is 0.544. The fourth-order valence-corrected chi connectivity index (χ4v) is 3.94. The van der Waals surface area contributed by atoms with Crippen LogP contribution in [0.3, 0.4) is 0 Å². The molecule has 1 aliphatic rings. The fraction of sp³-hybridized carbons (Fsp3) is 0.462. The van der Waals surface area contributed by atoms with Crippen LogP contribution in [0.25, 0.3) is 0 Å². The third-order valence-electron chi connectivity index (χ3n) is 6.01. The van der Waals surface area contributed by atoms with Gasteiger partial charge in [-0.2, -0.15) is 0 Å². The highest BCUT2D eigenvalue weighted by molar-refractivity contribution is 5.88. The molecule has 2 amide bonds. The summed E-state index contributed by atoms with van der Waals surface area (Å²) in [6.07, 6.45) is 2.10. The number of nitrogens with one attached hydrogen (secondary N) is 1. The lowest BCUT2D eigenvalue weighted by Gasteiger charge is -2.29. The monoisotopic (exact) mass is 470 g/mol. The zero-order valence-electron chi connectivity index (χ0n) is 20.3. The maximum atomic E-state index is 13.4. The largest absolute Gasteiger partial charge is 0.497 e. The van der Waals surface area contributed by atoms with Gasteiger partial charge in [0.05, 0.1) is 33.9 Å². The van der Waals surface area contributed by atoms with E-state index < -0.39 is 6.04 Å². The van der Waals surface area contributed by atoms with E-state index in [2.05, 4.69) is 5.32 Å². The van der Waals surface area contributed by atoms with Crippen molar-refractivity contribution in [2.45, 2.75) is 44.9 Å². The van der Waals surface area contributed by atoms with Gasteiger partial charge in [0.2, 0.25) is 11.8 Å². The summed E-state index contributed by atoms with van der Waals surface area (Å²) in [5.74, 6) is 1.51. The molecule has 3 rings (SSSR count). The summed E-state index contributed by atoms with van der Waals surface area (Å²) >= 11 is 0. The van der Waals surface area contributed by atoms with Gasteiger partial charge in [-0.15, -0.1) is 0 Å². The molecule has 0 spiro atoms. The topological polar surface area (TPSA) is 86.3 Å². The number of benzene rings is 2. The standard InChI is InChI=1S/C26H34N2O6/c1-18(26(30)27-16-22-6-5-13-34-22)28(17-19-7-10-21(31-2)11-8-19)25(29)15-20-9-12-23(32-3)24(14-20)33-4/h7-12,14,18,22H,5-6,13,15-17H2,1-4H3,(H,27,30). The molecule has 0 bridgehead atoms. The van der Waals surface area contributed by atoms with Gasteiger partial charge in [-0.05, 0) is 55.2 Å². The van der Waals surface area contributed by atoms with Crippen LogP contribution >= 0.6 is 0 Å². The number of nitrogens with zero attached hydrogens (tertiary/aromatic N) is 1. The highest BCUT2D eigenvalue weighted by Gasteiger charge is 2.27. The van der Waals surface area contributed by atoms with Crippen LogP contribution in [0.5, 0.6) is 17.2 Å². The van der Waals surface area contributed by atoms with Crippen molar-refractivity contribution in [3.8, 4) is 17.2 Å². The van der Waals surface area contributed by atoms with Crippen molar-refractivity contribution in [2.24, 2.45) is 0 Å². The average Bonchev–Trinajstić information content (AvgIpc) is 3.39. The van der Waals surface area contributed by atoms with Crippen molar-refractivity contribution in [1.82, 2.24) is 10.2 Å². The van der Waals surface area contributed by atoms with Gasteiger partial charge in [0.25, 0.3) is 0 Å². The zero-order chi connectivity index (χ0) is 24.5. The number of ether oxygens (including phenoxy) is 4. The molecule has 2 atom stereocenters. The predicted molar refractivity (Wildman–Crippen MR) is 128 cm³/mol. The summed E-state index contributed by atoms with van der Waals surface area (Å²) in [5, 5.41) is 2.95. The van der Waals surface area contributed by atoms with E-state index in [1.54, 1.807) is 45.3 Å². The highest BCUT2D eigenvalue weighted by atomic mass is 16.5. The van der Waals surface area contributed by atoms with E-state index in [9.17, 15) is 9.59 Å². The number of hydrogen-bond donors (Lipinski definition) is 1. The van der Waals surface area contributed by atoms with Crippen molar-refractivity contribution in [2.75, 3.05) is 34.5 Å². The number of carbonyl (C=O) groups excluding carboxylic acids is 2. The van der Waals surface area contributed by atoms with E-state index in [0.29, 0.717) is 24.6 Å². The Labute approximate surface area is 201 Å². The van der Waals surface area contributed by atoms with Crippen LogP contribution in [0.4, 0.5) is 0 Å². The van der Waals surface area contributed by atoms with E-state index in [1.165, 1.54) is 0 Å². The molecule has 184 valence electrons. The Morgan fingerprint density at radius 2 is 1.74 bits per heavy atom. The molecule has 2 unspecified atom stereocenters. The summed E-state index contributed by atoms with van der Waals surface area (Å²) in [5.41, 5.74) is 1.68.